The summed E-state index contributed by atoms with van der Waals surface area (Å²) in [7, 11) is 1.82. The monoisotopic (exact) mass is 178 g/mol. The number of H-pyrrole nitrogens is 1. The molecule has 1 aromatic rings. The number of anilines is 2. The topological polar surface area (TPSA) is 75.0 Å². The van der Waals surface area contributed by atoms with Crippen molar-refractivity contribution in [3.05, 3.63) is 28.2 Å². The number of aromatic amines is 1. The quantitative estimate of drug-likeness (QED) is 0.579. The predicted octanol–water partition coefficient (Wildman–Crippen LogP) is -0.142. The first-order chi connectivity index (χ1) is 6.09. The summed E-state index contributed by atoms with van der Waals surface area (Å²) >= 11 is 0. The number of allylic oxidation sites excluding steroid dienone is 1. The number of likely N-dealkylation sites (N-methyl/N-ethyl adjacent to an activating group) is 1. The Hall–Kier alpha value is -1.78. The van der Waals surface area contributed by atoms with Crippen LogP contribution in [-0.4, -0.2) is 17.0 Å². The molecule has 0 fully saturated rings. The minimum Gasteiger partial charge on any atom is -0.369 e. The van der Waals surface area contributed by atoms with Crippen LogP contribution in [-0.2, 0) is 6.42 Å². The molecule has 13 heavy (non-hydrogen) atoms. The Kier molecular flexibility index (Phi) is 1.42. The van der Waals surface area contributed by atoms with Gasteiger partial charge in [0.15, 0.2) is 0 Å². The minimum atomic E-state index is -0.173. The van der Waals surface area contributed by atoms with E-state index in [0.717, 1.165) is 5.70 Å². The number of nitrogens with one attached hydrogen (secondary N) is 1. The second-order valence-electron chi connectivity index (χ2n) is 3.06. The fraction of sp³-hybridized carbons (Fsp3) is 0.250. The molecule has 0 aromatic carbocycles. The summed E-state index contributed by atoms with van der Waals surface area (Å²) in [4.78, 5) is 19.6. The lowest BCUT2D eigenvalue weighted by Gasteiger charge is -2.11. The summed E-state index contributed by atoms with van der Waals surface area (Å²) in [6.07, 6.45) is 0.550. The molecule has 0 radical (unpaired) electrons. The van der Waals surface area contributed by atoms with Crippen LogP contribution in [0.1, 0.15) is 5.56 Å². The third-order valence-electron chi connectivity index (χ3n) is 2.18. The Balaban J connectivity index is 2.71. The number of aromatic nitrogens is 2. The zero-order valence-corrected chi connectivity index (χ0v) is 7.29. The molecule has 68 valence electrons. The van der Waals surface area contributed by atoms with Crippen molar-refractivity contribution >= 4 is 11.8 Å². The third kappa shape index (κ3) is 1.00. The molecular formula is C8H10N4O. The molecule has 2 heterocycles. The Morgan fingerprint density at radius 2 is 2.38 bits per heavy atom. The SMILES string of the molecule is C=C1Cc2c(nc(N)[nH]c2=O)N1C. The van der Waals surface area contributed by atoms with Crippen molar-refractivity contribution in [2.24, 2.45) is 0 Å². The molecule has 0 spiro atoms. The maximum atomic E-state index is 11.4. The number of nitrogens with zero attached hydrogens (tertiary/aromatic N) is 2. The molecule has 0 saturated heterocycles. The van der Waals surface area contributed by atoms with Crippen LogP contribution in [0.25, 0.3) is 0 Å². The van der Waals surface area contributed by atoms with Gasteiger partial charge in [-0.15, -0.1) is 0 Å². The van der Waals surface area contributed by atoms with Gasteiger partial charge in [-0.2, -0.15) is 4.98 Å². The highest BCUT2D eigenvalue weighted by molar-refractivity contribution is 5.59. The number of hydrogen-bond acceptors (Lipinski definition) is 4. The van der Waals surface area contributed by atoms with Gasteiger partial charge < -0.3 is 10.6 Å². The summed E-state index contributed by atoms with van der Waals surface area (Å²) in [5, 5.41) is 0. The Morgan fingerprint density at radius 3 is 3.08 bits per heavy atom. The maximum Gasteiger partial charge on any atom is 0.258 e. The second-order valence-corrected chi connectivity index (χ2v) is 3.06. The first-order valence-electron chi connectivity index (χ1n) is 3.90. The van der Waals surface area contributed by atoms with E-state index in [-0.39, 0.29) is 11.5 Å². The molecule has 0 saturated carbocycles. The van der Waals surface area contributed by atoms with Crippen molar-refractivity contribution in [3.8, 4) is 0 Å². The average Bonchev–Trinajstić information content (AvgIpc) is 2.32. The lowest BCUT2D eigenvalue weighted by atomic mass is 10.2. The van der Waals surface area contributed by atoms with Crippen LogP contribution in [0.5, 0.6) is 0 Å². The van der Waals surface area contributed by atoms with E-state index in [1.807, 2.05) is 7.05 Å². The molecule has 2 rings (SSSR count). The lowest BCUT2D eigenvalue weighted by molar-refractivity contribution is 1.07. The van der Waals surface area contributed by atoms with Gasteiger partial charge in [0, 0.05) is 19.2 Å². The number of fused-ring (bicyclic) bond motifs is 1. The highest BCUT2D eigenvalue weighted by Gasteiger charge is 2.24. The van der Waals surface area contributed by atoms with Crippen LogP contribution in [0.2, 0.25) is 0 Å². The molecule has 3 N–H and O–H groups in total. The van der Waals surface area contributed by atoms with Gasteiger partial charge in [-0.3, -0.25) is 9.78 Å². The van der Waals surface area contributed by atoms with Gasteiger partial charge in [-0.25, -0.2) is 0 Å². The Bertz CT molecular complexity index is 434. The predicted molar refractivity (Wildman–Crippen MR) is 50.5 cm³/mol. The minimum absolute atomic E-state index is 0.144. The van der Waals surface area contributed by atoms with E-state index in [2.05, 4.69) is 16.5 Å². The van der Waals surface area contributed by atoms with Crippen molar-refractivity contribution < 1.29 is 0 Å². The lowest BCUT2D eigenvalue weighted by Crippen LogP contribution is -2.17. The largest absolute Gasteiger partial charge is 0.369 e. The van der Waals surface area contributed by atoms with Crippen LogP contribution in [0.3, 0.4) is 0 Å². The molecule has 0 aliphatic carbocycles. The van der Waals surface area contributed by atoms with Crippen molar-refractivity contribution in [2.45, 2.75) is 6.42 Å². The van der Waals surface area contributed by atoms with Crippen LogP contribution in [0.15, 0.2) is 17.1 Å². The Labute approximate surface area is 74.9 Å². The molecule has 1 aliphatic heterocycles. The molecule has 0 atom stereocenters. The van der Waals surface area contributed by atoms with E-state index in [9.17, 15) is 4.79 Å². The number of nitrogens with two attached hydrogens (primary N) is 1. The first kappa shape index (κ1) is 7.85. The second kappa shape index (κ2) is 2.35. The molecule has 0 bridgehead atoms. The van der Waals surface area contributed by atoms with Crippen molar-refractivity contribution in [2.75, 3.05) is 17.7 Å². The molecular weight excluding hydrogens is 168 g/mol. The van der Waals surface area contributed by atoms with Gasteiger partial charge in [0.1, 0.15) is 5.82 Å². The fourth-order valence-electron chi connectivity index (χ4n) is 1.41. The van der Waals surface area contributed by atoms with Gasteiger partial charge in [-0.05, 0) is 0 Å². The molecule has 0 unspecified atom stereocenters. The zero-order chi connectivity index (χ0) is 9.59. The van der Waals surface area contributed by atoms with E-state index in [1.54, 1.807) is 4.90 Å². The van der Waals surface area contributed by atoms with Crippen molar-refractivity contribution in [1.29, 1.82) is 0 Å². The van der Waals surface area contributed by atoms with Crippen LogP contribution in [0, 0.1) is 0 Å². The van der Waals surface area contributed by atoms with E-state index in [1.165, 1.54) is 0 Å². The highest BCUT2D eigenvalue weighted by Crippen LogP contribution is 2.27. The van der Waals surface area contributed by atoms with Gasteiger partial charge in [-0.1, -0.05) is 6.58 Å². The van der Waals surface area contributed by atoms with Gasteiger partial charge in [0.05, 0.1) is 5.56 Å². The molecule has 0 amide bonds. The molecule has 1 aromatic heterocycles. The third-order valence-corrected chi connectivity index (χ3v) is 2.18. The summed E-state index contributed by atoms with van der Waals surface area (Å²) in [5.74, 6) is 0.761. The average molecular weight is 178 g/mol. The van der Waals surface area contributed by atoms with E-state index in [4.69, 9.17) is 5.73 Å². The fourth-order valence-corrected chi connectivity index (χ4v) is 1.41. The maximum absolute atomic E-state index is 11.4. The van der Waals surface area contributed by atoms with Crippen LogP contribution in [0.4, 0.5) is 11.8 Å². The van der Waals surface area contributed by atoms with E-state index < -0.39 is 0 Å². The standard InChI is InChI=1S/C8H10N4O/c1-4-3-5-6(12(4)2)10-8(9)11-7(5)13/h1,3H2,2H3,(H3,9,10,11,13). The van der Waals surface area contributed by atoms with Gasteiger partial charge in [0.2, 0.25) is 5.95 Å². The summed E-state index contributed by atoms with van der Waals surface area (Å²) in [6, 6.07) is 0. The Morgan fingerprint density at radius 1 is 1.69 bits per heavy atom. The van der Waals surface area contributed by atoms with E-state index >= 15 is 0 Å². The molecule has 5 heteroatoms. The first-order valence-corrected chi connectivity index (χ1v) is 3.90. The number of nitrogen functional groups attached to an aromatic ring is 1. The number of hydrogen-bond donors (Lipinski definition) is 2. The van der Waals surface area contributed by atoms with Crippen molar-refractivity contribution in [3.63, 3.8) is 0 Å². The highest BCUT2D eigenvalue weighted by atomic mass is 16.1. The van der Waals surface area contributed by atoms with Gasteiger partial charge in [0.25, 0.3) is 5.56 Å². The number of rotatable bonds is 0. The normalized spacial score (nSPS) is 14.8. The van der Waals surface area contributed by atoms with Gasteiger partial charge >= 0.3 is 0 Å². The summed E-state index contributed by atoms with van der Waals surface area (Å²) in [6.45, 7) is 3.81. The zero-order valence-electron chi connectivity index (χ0n) is 7.29. The molecule has 1 aliphatic rings. The summed E-state index contributed by atoms with van der Waals surface area (Å²) < 4.78 is 0. The van der Waals surface area contributed by atoms with Crippen LogP contribution >= 0.6 is 0 Å². The van der Waals surface area contributed by atoms with E-state index in [0.29, 0.717) is 17.8 Å². The van der Waals surface area contributed by atoms with Crippen LogP contribution < -0.4 is 16.2 Å². The smallest absolute Gasteiger partial charge is 0.258 e. The molecule has 5 nitrogen and oxygen atoms in total. The van der Waals surface area contributed by atoms with Crippen molar-refractivity contribution in [1.82, 2.24) is 9.97 Å². The summed E-state index contributed by atoms with van der Waals surface area (Å²) in [5.41, 5.74) is 6.74.